The molecule has 1 heterocycles. The molecule has 0 amide bonds. The van der Waals surface area contributed by atoms with Crippen molar-refractivity contribution in [3.63, 3.8) is 0 Å². The summed E-state index contributed by atoms with van der Waals surface area (Å²) in [6.07, 6.45) is 0.901. The van der Waals surface area contributed by atoms with Gasteiger partial charge in [-0.1, -0.05) is 11.6 Å². The van der Waals surface area contributed by atoms with Crippen LogP contribution >= 0.6 is 11.6 Å². The van der Waals surface area contributed by atoms with Crippen molar-refractivity contribution in [2.75, 3.05) is 6.54 Å². The number of nitrogens with zero attached hydrogens (tertiary/aromatic N) is 1. The van der Waals surface area contributed by atoms with Gasteiger partial charge in [0.15, 0.2) is 0 Å². The Kier molecular flexibility index (Phi) is 4.55. The predicted octanol–water partition coefficient (Wildman–Crippen LogP) is 2.35. The number of benzene rings is 1. The SMILES string of the molecule is CC1CCC(C(=O)O)CN1S(=O)(=O)c1ccc(F)c(Cl)c1. The van der Waals surface area contributed by atoms with Crippen molar-refractivity contribution in [1.82, 2.24) is 4.31 Å². The maximum Gasteiger partial charge on any atom is 0.307 e. The molecule has 1 aliphatic heterocycles. The third kappa shape index (κ3) is 3.20. The van der Waals surface area contributed by atoms with E-state index in [1.54, 1.807) is 6.92 Å². The van der Waals surface area contributed by atoms with Crippen LogP contribution in [-0.2, 0) is 14.8 Å². The lowest BCUT2D eigenvalue weighted by molar-refractivity contribution is -0.143. The van der Waals surface area contributed by atoms with Gasteiger partial charge in [-0.15, -0.1) is 0 Å². The summed E-state index contributed by atoms with van der Waals surface area (Å²) >= 11 is 5.62. The largest absolute Gasteiger partial charge is 0.481 e. The average Bonchev–Trinajstić information content (AvgIpc) is 2.41. The number of carboxylic acid groups (broad SMARTS) is 1. The molecule has 1 aromatic carbocycles. The Bertz CT molecular complexity index is 664. The van der Waals surface area contributed by atoms with Crippen LogP contribution < -0.4 is 0 Å². The lowest BCUT2D eigenvalue weighted by Crippen LogP contribution is -2.47. The molecule has 1 saturated heterocycles. The molecule has 0 bridgehead atoms. The first-order valence-electron chi connectivity index (χ1n) is 6.43. The first kappa shape index (κ1) is 16.2. The number of carbonyl (C=O) groups is 1. The van der Waals surface area contributed by atoms with Crippen LogP contribution in [0.5, 0.6) is 0 Å². The quantitative estimate of drug-likeness (QED) is 0.920. The molecule has 2 atom stereocenters. The van der Waals surface area contributed by atoms with Gasteiger partial charge in [0.1, 0.15) is 5.82 Å². The Hall–Kier alpha value is -1.18. The zero-order chi connectivity index (χ0) is 15.8. The van der Waals surface area contributed by atoms with E-state index in [9.17, 15) is 17.6 Å². The monoisotopic (exact) mass is 335 g/mol. The molecule has 0 spiro atoms. The van der Waals surface area contributed by atoms with Crippen molar-refractivity contribution in [2.45, 2.75) is 30.7 Å². The minimum Gasteiger partial charge on any atom is -0.481 e. The second-order valence-electron chi connectivity index (χ2n) is 5.11. The molecule has 5 nitrogen and oxygen atoms in total. The first-order chi connectivity index (χ1) is 9.73. The number of rotatable bonds is 3. The summed E-state index contributed by atoms with van der Waals surface area (Å²) in [6, 6.07) is 2.85. The highest BCUT2D eigenvalue weighted by Crippen LogP contribution is 2.29. The molecule has 116 valence electrons. The van der Waals surface area contributed by atoms with Crippen LogP contribution in [0.25, 0.3) is 0 Å². The summed E-state index contributed by atoms with van der Waals surface area (Å²) in [4.78, 5) is 10.9. The van der Waals surface area contributed by atoms with E-state index in [4.69, 9.17) is 16.7 Å². The Morgan fingerprint density at radius 2 is 2.10 bits per heavy atom. The molecule has 2 unspecified atom stereocenters. The molecule has 1 N–H and O–H groups in total. The average molecular weight is 336 g/mol. The molecule has 8 heteroatoms. The summed E-state index contributed by atoms with van der Waals surface area (Å²) in [5, 5.41) is 8.78. The second-order valence-corrected chi connectivity index (χ2v) is 7.41. The zero-order valence-corrected chi connectivity index (χ0v) is 12.9. The van der Waals surface area contributed by atoms with Gasteiger partial charge in [0.2, 0.25) is 10.0 Å². The van der Waals surface area contributed by atoms with E-state index in [1.807, 2.05) is 0 Å². The standard InChI is InChI=1S/C13H15ClFNO4S/c1-8-2-3-9(13(17)18)7-16(8)21(19,20)10-4-5-12(15)11(14)6-10/h4-6,8-9H,2-3,7H2,1H3,(H,17,18). The number of piperidine rings is 1. The topological polar surface area (TPSA) is 74.7 Å². The maximum atomic E-state index is 13.2. The van der Waals surface area contributed by atoms with Crippen LogP contribution in [0.2, 0.25) is 5.02 Å². The number of aliphatic carboxylic acids is 1. The van der Waals surface area contributed by atoms with Crippen molar-refractivity contribution in [1.29, 1.82) is 0 Å². The number of halogens is 2. The zero-order valence-electron chi connectivity index (χ0n) is 11.3. The minimum atomic E-state index is -3.90. The van der Waals surface area contributed by atoms with Crippen molar-refractivity contribution < 1.29 is 22.7 Å². The maximum absolute atomic E-state index is 13.2. The van der Waals surface area contributed by atoms with Crippen LogP contribution in [0, 0.1) is 11.7 Å². The highest BCUT2D eigenvalue weighted by atomic mass is 35.5. The number of sulfonamides is 1. The van der Waals surface area contributed by atoms with Gasteiger partial charge in [0, 0.05) is 12.6 Å². The molecule has 0 saturated carbocycles. The highest BCUT2D eigenvalue weighted by molar-refractivity contribution is 7.89. The molecule has 1 aliphatic rings. The van der Waals surface area contributed by atoms with E-state index in [1.165, 1.54) is 0 Å². The molecule has 1 aromatic rings. The lowest BCUT2D eigenvalue weighted by Gasteiger charge is -2.35. The first-order valence-corrected chi connectivity index (χ1v) is 8.25. The fraction of sp³-hybridized carbons (Fsp3) is 0.462. The van der Waals surface area contributed by atoms with Gasteiger partial charge in [0.25, 0.3) is 0 Å². The molecular weight excluding hydrogens is 321 g/mol. The lowest BCUT2D eigenvalue weighted by atomic mass is 9.96. The molecular formula is C13H15ClFNO4S. The van der Waals surface area contributed by atoms with E-state index in [2.05, 4.69) is 0 Å². The van der Waals surface area contributed by atoms with E-state index < -0.39 is 27.7 Å². The summed E-state index contributed by atoms with van der Waals surface area (Å²) in [5.74, 6) is -2.45. The smallest absolute Gasteiger partial charge is 0.307 e. The minimum absolute atomic E-state index is 0.0895. The third-order valence-corrected chi connectivity index (χ3v) is 5.94. The van der Waals surface area contributed by atoms with Crippen molar-refractivity contribution in [2.24, 2.45) is 5.92 Å². The summed E-state index contributed by atoms with van der Waals surface area (Å²) in [5.41, 5.74) is 0. The highest BCUT2D eigenvalue weighted by Gasteiger charge is 2.37. The predicted molar refractivity (Wildman–Crippen MR) is 75.1 cm³/mol. The molecule has 0 aromatic heterocycles. The van der Waals surface area contributed by atoms with Crippen LogP contribution in [0.15, 0.2) is 23.1 Å². The molecule has 0 radical (unpaired) electrons. The van der Waals surface area contributed by atoms with Gasteiger partial charge in [-0.25, -0.2) is 12.8 Å². The molecule has 21 heavy (non-hydrogen) atoms. The van der Waals surface area contributed by atoms with Gasteiger partial charge in [-0.2, -0.15) is 4.31 Å². The summed E-state index contributed by atoms with van der Waals surface area (Å²) in [7, 11) is -3.90. The van der Waals surface area contributed by atoms with Gasteiger partial charge < -0.3 is 5.11 Å². The fourth-order valence-corrected chi connectivity index (χ4v) is 4.36. The van der Waals surface area contributed by atoms with E-state index >= 15 is 0 Å². The molecule has 2 rings (SSSR count). The van der Waals surface area contributed by atoms with Gasteiger partial charge in [-0.05, 0) is 38.0 Å². The summed E-state index contributed by atoms with van der Waals surface area (Å²) < 4.78 is 39.5. The van der Waals surface area contributed by atoms with Crippen LogP contribution in [0.4, 0.5) is 4.39 Å². The van der Waals surface area contributed by atoms with Gasteiger partial charge in [0.05, 0.1) is 15.8 Å². The Morgan fingerprint density at radius 1 is 1.43 bits per heavy atom. The van der Waals surface area contributed by atoms with Crippen molar-refractivity contribution >= 4 is 27.6 Å². The van der Waals surface area contributed by atoms with E-state index in [0.29, 0.717) is 12.8 Å². The number of carboxylic acids is 1. The van der Waals surface area contributed by atoms with Crippen LogP contribution in [0.1, 0.15) is 19.8 Å². The van der Waals surface area contributed by atoms with Crippen molar-refractivity contribution in [3.05, 3.63) is 29.0 Å². The Morgan fingerprint density at radius 3 is 2.67 bits per heavy atom. The van der Waals surface area contributed by atoms with Crippen molar-refractivity contribution in [3.8, 4) is 0 Å². The molecule has 0 aliphatic carbocycles. The number of hydrogen-bond donors (Lipinski definition) is 1. The Labute approximate surface area is 127 Å². The second kappa shape index (κ2) is 5.90. The van der Waals surface area contributed by atoms with Crippen LogP contribution in [-0.4, -0.2) is 36.4 Å². The number of hydrogen-bond acceptors (Lipinski definition) is 3. The van der Waals surface area contributed by atoms with E-state index in [-0.39, 0.29) is 22.5 Å². The third-order valence-electron chi connectivity index (χ3n) is 3.67. The normalized spacial score (nSPS) is 24.0. The van der Waals surface area contributed by atoms with Gasteiger partial charge >= 0.3 is 5.97 Å². The molecule has 1 fully saturated rings. The fourth-order valence-electron chi connectivity index (χ4n) is 2.38. The Balaban J connectivity index is 2.36. The summed E-state index contributed by atoms with van der Waals surface area (Å²) in [6.45, 7) is 1.63. The van der Waals surface area contributed by atoms with E-state index in [0.717, 1.165) is 22.5 Å². The van der Waals surface area contributed by atoms with Crippen LogP contribution in [0.3, 0.4) is 0 Å². The van der Waals surface area contributed by atoms with Gasteiger partial charge in [-0.3, -0.25) is 4.79 Å².